The number of phenolic OH excluding ortho intramolecular Hbond substituents is 2. The van der Waals surface area contributed by atoms with E-state index in [1.165, 1.54) is 0 Å². The topological polar surface area (TPSA) is 92.5 Å². The SMILES string of the molecule is Nc1c(O)c2cccc3c(N)c(O)c4cccc1c4c32. The number of nitrogens with two attached hydrogens (primary N) is 2. The van der Waals surface area contributed by atoms with E-state index in [0.717, 1.165) is 21.5 Å². The Morgan fingerprint density at radius 1 is 0.600 bits per heavy atom. The molecule has 4 rings (SSSR count). The molecule has 0 saturated heterocycles. The number of nitrogen functional groups attached to an aromatic ring is 2. The molecule has 0 spiro atoms. The van der Waals surface area contributed by atoms with E-state index in [9.17, 15) is 10.2 Å². The van der Waals surface area contributed by atoms with Gasteiger partial charge in [0, 0.05) is 32.3 Å². The summed E-state index contributed by atoms with van der Waals surface area (Å²) in [5.74, 6) is 0.112. The average Bonchev–Trinajstić information content (AvgIpc) is 2.48. The van der Waals surface area contributed by atoms with Gasteiger partial charge in [-0.3, -0.25) is 0 Å². The van der Waals surface area contributed by atoms with Gasteiger partial charge in [0.15, 0.2) is 0 Å². The van der Waals surface area contributed by atoms with Crippen molar-refractivity contribution >= 4 is 43.7 Å². The lowest BCUT2D eigenvalue weighted by molar-refractivity contribution is 0.483. The van der Waals surface area contributed by atoms with Gasteiger partial charge >= 0.3 is 0 Å². The highest BCUT2D eigenvalue weighted by atomic mass is 16.3. The minimum absolute atomic E-state index is 0.0562. The zero-order valence-electron chi connectivity index (χ0n) is 10.5. The monoisotopic (exact) mass is 264 g/mol. The third kappa shape index (κ3) is 1.07. The van der Waals surface area contributed by atoms with Crippen LogP contribution in [0.4, 0.5) is 11.4 Å². The third-order valence-corrected chi connectivity index (χ3v) is 3.98. The first-order valence-electron chi connectivity index (χ1n) is 6.26. The molecule has 0 unspecified atom stereocenters. The molecular weight excluding hydrogens is 252 g/mol. The summed E-state index contributed by atoms with van der Waals surface area (Å²) < 4.78 is 0. The zero-order valence-corrected chi connectivity index (χ0v) is 10.5. The van der Waals surface area contributed by atoms with Gasteiger partial charge in [0.05, 0.1) is 11.4 Å². The molecule has 4 aromatic rings. The van der Waals surface area contributed by atoms with Crippen LogP contribution in [-0.2, 0) is 0 Å². The Morgan fingerprint density at radius 2 is 0.950 bits per heavy atom. The van der Waals surface area contributed by atoms with Crippen LogP contribution in [0.3, 0.4) is 0 Å². The van der Waals surface area contributed by atoms with Crippen molar-refractivity contribution in [3.63, 3.8) is 0 Å². The fourth-order valence-electron chi connectivity index (χ4n) is 3.03. The standard InChI is InChI=1S/C16H12N2O2/c17-13-7-3-1-5-9-11(7)12-8(14(18)15(9)19)4-2-6-10(12)16(13)20/h1-6,19-20H,17-18H2. The molecule has 0 aliphatic rings. The molecule has 98 valence electrons. The van der Waals surface area contributed by atoms with Crippen LogP contribution in [0.5, 0.6) is 11.5 Å². The second-order valence-electron chi connectivity index (χ2n) is 4.98. The van der Waals surface area contributed by atoms with E-state index >= 15 is 0 Å². The number of phenols is 2. The molecule has 0 saturated carbocycles. The summed E-state index contributed by atoms with van der Waals surface area (Å²) in [4.78, 5) is 0. The quantitative estimate of drug-likeness (QED) is 0.223. The molecule has 0 radical (unpaired) electrons. The minimum Gasteiger partial charge on any atom is -0.505 e. The molecule has 4 aromatic carbocycles. The molecule has 0 amide bonds. The molecule has 0 atom stereocenters. The van der Waals surface area contributed by atoms with Crippen molar-refractivity contribution in [1.29, 1.82) is 0 Å². The average molecular weight is 264 g/mol. The van der Waals surface area contributed by atoms with E-state index in [2.05, 4.69) is 0 Å². The van der Waals surface area contributed by atoms with E-state index < -0.39 is 0 Å². The van der Waals surface area contributed by atoms with E-state index in [1.807, 2.05) is 12.1 Å². The highest BCUT2D eigenvalue weighted by molar-refractivity contribution is 6.31. The summed E-state index contributed by atoms with van der Waals surface area (Å²) in [7, 11) is 0. The number of hydrogen-bond acceptors (Lipinski definition) is 4. The Morgan fingerprint density at radius 3 is 1.35 bits per heavy atom. The van der Waals surface area contributed by atoms with Gasteiger partial charge in [-0.2, -0.15) is 0 Å². The van der Waals surface area contributed by atoms with Gasteiger partial charge < -0.3 is 21.7 Å². The second-order valence-corrected chi connectivity index (χ2v) is 4.98. The van der Waals surface area contributed by atoms with Crippen LogP contribution in [-0.4, -0.2) is 10.2 Å². The van der Waals surface area contributed by atoms with Gasteiger partial charge in [-0.1, -0.05) is 36.4 Å². The Balaban J connectivity index is 2.54. The van der Waals surface area contributed by atoms with Crippen LogP contribution in [0.25, 0.3) is 32.3 Å². The predicted molar refractivity (Wildman–Crippen MR) is 82.3 cm³/mol. The Bertz CT molecular complexity index is 839. The molecule has 0 aliphatic heterocycles. The molecule has 4 nitrogen and oxygen atoms in total. The van der Waals surface area contributed by atoms with E-state index in [1.54, 1.807) is 24.3 Å². The summed E-state index contributed by atoms with van der Waals surface area (Å²) in [5.41, 5.74) is 12.7. The summed E-state index contributed by atoms with van der Waals surface area (Å²) in [5, 5.41) is 25.0. The van der Waals surface area contributed by atoms with Gasteiger partial charge in [-0.25, -0.2) is 0 Å². The van der Waals surface area contributed by atoms with Crippen LogP contribution in [0.1, 0.15) is 0 Å². The molecular formula is C16H12N2O2. The van der Waals surface area contributed by atoms with Gasteiger partial charge in [-0.05, 0) is 0 Å². The fourth-order valence-corrected chi connectivity index (χ4v) is 3.03. The lowest BCUT2D eigenvalue weighted by Crippen LogP contribution is -1.95. The molecule has 0 aromatic heterocycles. The largest absolute Gasteiger partial charge is 0.505 e. The smallest absolute Gasteiger partial charge is 0.146 e. The van der Waals surface area contributed by atoms with Crippen LogP contribution in [0.15, 0.2) is 36.4 Å². The predicted octanol–water partition coefficient (Wildman–Crippen LogP) is 3.16. The van der Waals surface area contributed by atoms with Gasteiger partial charge in [0.1, 0.15) is 11.5 Å². The first kappa shape index (κ1) is 11.0. The lowest BCUT2D eigenvalue weighted by Gasteiger charge is -2.17. The fraction of sp³-hybridized carbons (Fsp3) is 0. The molecule has 0 fully saturated rings. The Kier molecular flexibility index (Phi) is 1.85. The van der Waals surface area contributed by atoms with Crippen molar-refractivity contribution in [2.75, 3.05) is 11.5 Å². The Hall–Kier alpha value is -2.88. The van der Waals surface area contributed by atoms with Crippen LogP contribution >= 0.6 is 0 Å². The number of benzene rings is 4. The molecule has 0 aliphatic carbocycles. The highest BCUT2D eigenvalue weighted by Crippen LogP contribution is 2.48. The zero-order chi connectivity index (χ0) is 14.0. The summed E-state index contributed by atoms with van der Waals surface area (Å²) in [6.07, 6.45) is 0. The summed E-state index contributed by atoms with van der Waals surface area (Å²) in [6, 6.07) is 10.8. The van der Waals surface area contributed by atoms with E-state index in [4.69, 9.17) is 11.5 Å². The van der Waals surface area contributed by atoms with E-state index in [-0.39, 0.29) is 11.5 Å². The van der Waals surface area contributed by atoms with Crippen molar-refractivity contribution in [2.45, 2.75) is 0 Å². The molecule has 4 heteroatoms. The van der Waals surface area contributed by atoms with Gasteiger partial charge in [0.25, 0.3) is 0 Å². The number of hydrogen-bond donors (Lipinski definition) is 4. The molecule has 6 N–H and O–H groups in total. The maximum absolute atomic E-state index is 10.3. The lowest BCUT2D eigenvalue weighted by atomic mass is 9.91. The van der Waals surface area contributed by atoms with Crippen molar-refractivity contribution in [3.05, 3.63) is 36.4 Å². The van der Waals surface area contributed by atoms with Gasteiger partial charge in [-0.15, -0.1) is 0 Å². The third-order valence-electron chi connectivity index (χ3n) is 3.98. The van der Waals surface area contributed by atoms with Crippen LogP contribution in [0, 0.1) is 0 Å². The van der Waals surface area contributed by atoms with Crippen molar-refractivity contribution < 1.29 is 10.2 Å². The van der Waals surface area contributed by atoms with Crippen LogP contribution in [0.2, 0.25) is 0 Å². The van der Waals surface area contributed by atoms with Crippen molar-refractivity contribution in [2.24, 2.45) is 0 Å². The minimum atomic E-state index is 0.0562. The molecule has 0 bridgehead atoms. The second kappa shape index (κ2) is 3.36. The number of anilines is 2. The maximum atomic E-state index is 10.3. The molecule has 20 heavy (non-hydrogen) atoms. The van der Waals surface area contributed by atoms with E-state index in [0.29, 0.717) is 22.1 Å². The van der Waals surface area contributed by atoms with Crippen molar-refractivity contribution in [1.82, 2.24) is 0 Å². The highest BCUT2D eigenvalue weighted by Gasteiger charge is 2.19. The molecule has 0 heterocycles. The van der Waals surface area contributed by atoms with Gasteiger partial charge in [0.2, 0.25) is 0 Å². The van der Waals surface area contributed by atoms with Crippen molar-refractivity contribution in [3.8, 4) is 11.5 Å². The summed E-state index contributed by atoms with van der Waals surface area (Å²) >= 11 is 0. The maximum Gasteiger partial charge on any atom is 0.146 e. The first-order chi connectivity index (χ1) is 9.61. The Labute approximate surface area is 114 Å². The normalized spacial score (nSPS) is 11.8. The summed E-state index contributed by atoms with van der Waals surface area (Å²) in [6.45, 7) is 0. The first-order valence-corrected chi connectivity index (χ1v) is 6.26. The van der Waals surface area contributed by atoms with Crippen LogP contribution < -0.4 is 11.5 Å². The number of rotatable bonds is 0. The number of aromatic hydroxyl groups is 2.